The molecule has 4 aliphatic rings. The number of aliphatic imine (C=N–C) groups is 2. The molecule has 2 saturated heterocycles. The molecule has 2 fully saturated rings. The summed E-state index contributed by atoms with van der Waals surface area (Å²) in [6, 6.07) is 22.8. The molecule has 0 unspecified atom stereocenters. The number of carbonyl (C=O) groups is 2. The van der Waals surface area contributed by atoms with Crippen molar-refractivity contribution in [3.05, 3.63) is 107 Å². The number of Topliss-reactive ketones (excluding diaryl/α,β-unsaturated/α-hetero) is 1. The van der Waals surface area contributed by atoms with Crippen molar-refractivity contribution in [1.29, 1.82) is 0 Å². The van der Waals surface area contributed by atoms with E-state index in [0.717, 1.165) is 23.7 Å². The molecule has 4 heterocycles. The molecule has 0 amide bonds. The number of benzene rings is 3. The fraction of sp³-hybridized carbons (Fsp3) is 0.389. The summed E-state index contributed by atoms with van der Waals surface area (Å²) in [6.45, 7) is 4.61. The number of carbonyl (C=O) groups excluding carboxylic acids is 2. The number of ketones is 1. The van der Waals surface area contributed by atoms with Gasteiger partial charge in [-0.2, -0.15) is 0 Å². The van der Waals surface area contributed by atoms with Crippen molar-refractivity contribution in [2.24, 2.45) is 27.6 Å². The van der Waals surface area contributed by atoms with E-state index in [0.29, 0.717) is 35.1 Å². The third-order valence-corrected chi connectivity index (χ3v) is 11.1. The average Bonchev–Trinajstić information content (AvgIpc) is 3.66. The maximum atomic E-state index is 14.6. The van der Waals surface area contributed by atoms with E-state index in [4.69, 9.17) is 35.4 Å². The van der Waals surface area contributed by atoms with Crippen LogP contribution in [0, 0.1) is 23.5 Å². The van der Waals surface area contributed by atoms with Gasteiger partial charge in [0.25, 0.3) is 6.47 Å². The number of nitrogens with two attached hydrogens (primary N) is 1. The molecule has 16 heteroatoms. The molecular weight excluding hydrogens is 767 g/mol. The van der Waals surface area contributed by atoms with Crippen molar-refractivity contribution in [3.63, 3.8) is 0 Å². The Bertz CT molecular complexity index is 1690. The molecule has 0 saturated carbocycles. The first-order valence-electron chi connectivity index (χ1n) is 15.8. The fourth-order valence-electron chi connectivity index (χ4n) is 6.62. The van der Waals surface area contributed by atoms with E-state index < -0.39 is 11.1 Å². The number of aliphatic hydroxyl groups is 1. The largest absolute Gasteiger partial charge is 1.00 e. The van der Waals surface area contributed by atoms with Crippen LogP contribution in [0.3, 0.4) is 0 Å². The summed E-state index contributed by atoms with van der Waals surface area (Å²) in [6.07, 6.45) is 0.331. The van der Waals surface area contributed by atoms with Gasteiger partial charge < -0.3 is 31.9 Å². The third-order valence-electron chi connectivity index (χ3n) is 9.09. The second kappa shape index (κ2) is 23.0. The Morgan fingerprint density at radius 3 is 1.81 bits per heavy atom. The molecule has 3 N–H and O–H groups in total. The minimum absolute atomic E-state index is 0. The van der Waals surface area contributed by atoms with Crippen LogP contribution >= 0.6 is 23.5 Å². The van der Waals surface area contributed by atoms with Gasteiger partial charge in [-0.25, -0.2) is 13.8 Å². The van der Waals surface area contributed by atoms with E-state index in [1.807, 2.05) is 56.3 Å². The molecule has 4 aliphatic heterocycles. The molecule has 0 spiro atoms. The minimum atomic E-state index is -0.734. The number of rotatable bonds is 6. The molecule has 3 aromatic rings. The van der Waals surface area contributed by atoms with Gasteiger partial charge in [0, 0.05) is 47.1 Å². The molecule has 10 nitrogen and oxygen atoms in total. The van der Waals surface area contributed by atoms with E-state index in [1.54, 1.807) is 36.0 Å². The number of thioether (sulfide) groups is 2. The minimum Gasteiger partial charge on any atom is -1.00 e. The molecule has 0 aromatic heterocycles. The summed E-state index contributed by atoms with van der Waals surface area (Å²) in [5.74, 6) is 1.40. The van der Waals surface area contributed by atoms with Gasteiger partial charge in [0.15, 0.2) is 11.0 Å². The Kier molecular flexibility index (Phi) is 21.1. The molecule has 0 aliphatic carbocycles. The van der Waals surface area contributed by atoms with E-state index in [9.17, 15) is 13.6 Å². The van der Waals surface area contributed by atoms with E-state index in [1.165, 1.54) is 23.9 Å². The average molecular weight is 808 g/mol. The smallest absolute Gasteiger partial charge is 1.00 e. The molecule has 7 rings (SSSR count). The van der Waals surface area contributed by atoms with Crippen LogP contribution in [-0.4, -0.2) is 71.6 Å². The van der Waals surface area contributed by atoms with Gasteiger partial charge in [-0.3, -0.25) is 14.6 Å². The van der Waals surface area contributed by atoms with Crippen molar-refractivity contribution in [2.45, 2.75) is 43.6 Å². The molecule has 0 bridgehead atoms. The van der Waals surface area contributed by atoms with Gasteiger partial charge in [0.05, 0.1) is 36.9 Å². The van der Waals surface area contributed by atoms with Crippen molar-refractivity contribution in [2.75, 3.05) is 31.8 Å². The monoisotopic (exact) mass is 807 g/mol. The maximum absolute atomic E-state index is 14.6. The summed E-state index contributed by atoms with van der Waals surface area (Å²) in [4.78, 5) is 33.3. The second-order valence-corrected chi connectivity index (χ2v) is 13.9. The van der Waals surface area contributed by atoms with Gasteiger partial charge in [0.2, 0.25) is 0 Å². The van der Waals surface area contributed by atoms with E-state index in [-0.39, 0.29) is 159 Å². The summed E-state index contributed by atoms with van der Waals surface area (Å²) in [5.41, 5.74) is 6.31. The topological polar surface area (TPSA) is 156 Å². The zero-order chi connectivity index (χ0) is 36.3. The Labute approximate surface area is 397 Å². The van der Waals surface area contributed by atoms with Crippen molar-refractivity contribution >= 4 is 46.0 Å². The molecule has 270 valence electrons. The first kappa shape index (κ1) is 47.8. The first-order valence-corrected chi connectivity index (χ1v) is 17.8. The van der Waals surface area contributed by atoms with Crippen LogP contribution in [0.25, 0.3) is 0 Å². The number of nitrogens with zero attached hydrogens (tertiary/aromatic N) is 2. The zero-order valence-electron chi connectivity index (χ0n) is 30.9. The number of ether oxygens (including phenoxy) is 2. The van der Waals surface area contributed by atoms with Crippen LogP contribution < -0.4 is 114 Å². The number of hydrogen-bond acceptors (Lipinski definition) is 12. The predicted octanol–water partition coefficient (Wildman–Crippen LogP) is -1.24. The fourth-order valence-corrected chi connectivity index (χ4v) is 9.12. The zero-order valence-corrected chi connectivity index (χ0v) is 37.7. The van der Waals surface area contributed by atoms with Crippen molar-refractivity contribution in [1.82, 2.24) is 0 Å². The van der Waals surface area contributed by atoms with Crippen LogP contribution in [0.2, 0.25) is 0 Å². The standard InChI is InChI=1S/C21H20FNO2S.C13H15FN2OS.CH2O3.CH4O.2K.H/c1-14-17-12-26-20(11-19(24)15-7-3-2-4-8-15)23-21(17,13-25-14)16-9-5-6-10-18(16)22;1-8-10-6-18-12(15)16-13(10,7-17-8)9-4-2-3-5-11(9)14;2-1-4-3;1-2;;;/h2-10,14,17H,11-13H2,1H3;2-5,8,10H,6-7H2,1H3,(H2,15,16);1,3H;2H,1H3;;;/q;;;;2*+1;-1/p-1/t14-,17-,21-;8-,10-,13-;;;;;/m11...../s1. The third kappa shape index (κ3) is 11.1. The first-order chi connectivity index (χ1) is 24.1. The number of amidine groups is 1. The Morgan fingerprint density at radius 1 is 0.885 bits per heavy atom. The van der Waals surface area contributed by atoms with Crippen LogP contribution in [0.5, 0.6) is 0 Å². The maximum Gasteiger partial charge on any atom is 1.00 e. The van der Waals surface area contributed by atoms with Gasteiger partial charge >= 0.3 is 103 Å². The molecule has 0 radical (unpaired) electrons. The van der Waals surface area contributed by atoms with Crippen LogP contribution in [0.1, 0.15) is 43.2 Å². The molecule has 6 atom stereocenters. The number of fused-ring (bicyclic) bond motifs is 2. The summed E-state index contributed by atoms with van der Waals surface area (Å²) < 4.78 is 40.3. The van der Waals surface area contributed by atoms with E-state index in [2.05, 4.69) is 9.88 Å². The van der Waals surface area contributed by atoms with Crippen molar-refractivity contribution in [3.8, 4) is 0 Å². The Hall–Kier alpha value is -0.387. The molecule has 3 aromatic carbocycles. The second-order valence-electron chi connectivity index (χ2n) is 11.8. The van der Waals surface area contributed by atoms with Crippen LogP contribution in [-0.2, 0) is 30.2 Å². The number of halogens is 2. The van der Waals surface area contributed by atoms with E-state index >= 15 is 0 Å². The summed E-state index contributed by atoms with van der Waals surface area (Å²) in [7, 11) is 1.00. The predicted molar refractivity (Wildman–Crippen MR) is 190 cm³/mol. The molecule has 52 heavy (non-hydrogen) atoms. The van der Waals surface area contributed by atoms with Crippen LogP contribution in [0.15, 0.2) is 88.8 Å². The Morgan fingerprint density at radius 2 is 1.33 bits per heavy atom. The van der Waals surface area contributed by atoms with Crippen LogP contribution in [0.4, 0.5) is 8.78 Å². The summed E-state index contributed by atoms with van der Waals surface area (Å²) in [5, 5.41) is 16.7. The normalized spacial score (nSPS) is 26.5. The number of aliphatic hydroxyl groups excluding tert-OH is 1. The van der Waals surface area contributed by atoms with Crippen molar-refractivity contribution < 1.29 is 147 Å². The SMILES string of the molecule is CO.C[C@H]1OC[C@]2(c3ccccc3F)N=C(CC(=O)c3ccccc3)SC[C@H]12.C[C@H]1OC[C@]2(c3ccccc3F)N=C(N)SC[C@H]12.O=CO[O-].[H-].[K+].[K+]. The van der Waals surface area contributed by atoms with Gasteiger partial charge in [-0.05, 0) is 26.0 Å². The van der Waals surface area contributed by atoms with Gasteiger partial charge in [-0.15, -0.1) is 11.8 Å². The molecular formula is C36H41F2K2N3O7S2. The van der Waals surface area contributed by atoms with Gasteiger partial charge in [-0.1, -0.05) is 78.5 Å². The quantitative estimate of drug-likeness (QED) is 0.102. The van der Waals surface area contributed by atoms with Gasteiger partial charge in [0.1, 0.15) is 22.7 Å². The Balaban J connectivity index is 0.000000457. The number of hydrogen-bond donors (Lipinski definition) is 2. The summed E-state index contributed by atoms with van der Waals surface area (Å²) >= 11 is 3.11.